The van der Waals surface area contributed by atoms with Gasteiger partial charge in [-0.15, -0.1) is 0 Å². The van der Waals surface area contributed by atoms with E-state index in [4.69, 9.17) is 9.97 Å². The normalized spacial score (nSPS) is 12.9. The minimum Gasteiger partial charge on any atom is -0.228 e. The van der Waals surface area contributed by atoms with Crippen LogP contribution in [0, 0.1) is 0 Å². The molecule has 7 aromatic carbocycles. The number of nitrogens with zero attached hydrogens (tertiary/aromatic N) is 2. The Kier molecular flexibility index (Phi) is 6.84. The fraction of sp³-hybridized carbons (Fsp3) is 0.0638. The second kappa shape index (κ2) is 11.5. The number of hydrogen-bond acceptors (Lipinski definition) is 2. The third-order valence-electron chi connectivity index (χ3n) is 10.1. The van der Waals surface area contributed by atoms with Gasteiger partial charge in [0.2, 0.25) is 0 Å². The van der Waals surface area contributed by atoms with Gasteiger partial charge in [0.25, 0.3) is 0 Å². The first-order valence-corrected chi connectivity index (χ1v) is 16.9. The molecule has 0 saturated carbocycles. The molecule has 2 nitrogen and oxygen atoms in total. The van der Waals surface area contributed by atoms with E-state index in [-0.39, 0.29) is 5.41 Å². The summed E-state index contributed by atoms with van der Waals surface area (Å²) in [6.45, 7) is 4.71. The highest BCUT2D eigenvalue weighted by molar-refractivity contribution is 6.03. The van der Waals surface area contributed by atoms with Crippen LogP contribution in [0.5, 0.6) is 0 Å². The zero-order chi connectivity index (χ0) is 33.0. The molecule has 0 atom stereocenters. The largest absolute Gasteiger partial charge is 0.228 e. The van der Waals surface area contributed by atoms with Crippen LogP contribution < -0.4 is 0 Å². The molecule has 2 heteroatoms. The van der Waals surface area contributed by atoms with Crippen LogP contribution in [0.2, 0.25) is 0 Å². The van der Waals surface area contributed by atoms with Crippen LogP contribution in [0.4, 0.5) is 0 Å². The number of hydrogen-bond donors (Lipinski definition) is 0. The van der Waals surface area contributed by atoms with Crippen LogP contribution in [-0.4, -0.2) is 9.97 Å². The third kappa shape index (κ3) is 5.05. The molecule has 49 heavy (non-hydrogen) atoms. The predicted molar refractivity (Wildman–Crippen MR) is 204 cm³/mol. The van der Waals surface area contributed by atoms with Crippen LogP contribution in [-0.2, 0) is 5.41 Å². The highest BCUT2D eigenvalue weighted by Gasteiger charge is 2.33. The lowest BCUT2D eigenvalue weighted by Gasteiger charge is -2.35. The molecule has 1 aliphatic rings. The molecule has 8 aromatic rings. The lowest BCUT2D eigenvalue weighted by Crippen LogP contribution is -2.23. The van der Waals surface area contributed by atoms with Crippen molar-refractivity contribution in [2.45, 2.75) is 19.3 Å². The average molecular weight is 627 g/mol. The molecule has 1 heterocycles. The van der Waals surface area contributed by atoms with Crippen molar-refractivity contribution in [1.29, 1.82) is 0 Å². The van der Waals surface area contributed by atoms with Crippen molar-refractivity contribution in [2.24, 2.45) is 0 Å². The number of fused-ring (bicyclic) bond motifs is 2. The minimum absolute atomic E-state index is 0.107. The van der Waals surface area contributed by atoms with Gasteiger partial charge in [0.1, 0.15) is 0 Å². The van der Waals surface area contributed by atoms with Crippen LogP contribution in [0.25, 0.3) is 78.1 Å². The summed E-state index contributed by atoms with van der Waals surface area (Å²) in [4.78, 5) is 10.1. The van der Waals surface area contributed by atoms with Crippen molar-refractivity contribution >= 4 is 10.8 Å². The van der Waals surface area contributed by atoms with E-state index in [1.165, 1.54) is 55.3 Å². The summed E-state index contributed by atoms with van der Waals surface area (Å²) in [6.07, 6.45) is 0. The topological polar surface area (TPSA) is 25.8 Å². The van der Waals surface area contributed by atoms with Gasteiger partial charge in [0.15, 0.2) is 5.82 Å². The van der Waals surface area contributed by atoms with Gasteiger partial charge in [-0.05, 0) is 67.4 Å². The Morgan fingerprint density at radius 3 is 1.51 bits per heavy atom. The van der Waals surface area contributed by atoms with E-state index in [2.05, 4.69) is 159 Å². The Balaban J connectivity index is 1.09. The first kappa shape index (κ1) is 29.1. The van der Waals surface area contributed by atoms with Gasteiger partial charge in [0.05, 0.1) is 11.4 Å². The summed E-state index contributed by atoms with van der Waals surface area (Å²) < 4.78 is 0. The van der Waals surface area contributed by atoms with Crippen molar-refractivity contribution in [2.75, 3.05) is 0 Å². The molecule has 0 amide bonds. The standard InChI is InChI=1S/C47H34N2/c1-47(2)41-18-10-16-36-15-9-17-40(45(36)41)39-28-27-38(29-42(39)47)33-21-25-35(26-22-33)44-30-43(48-46(49-44)37-13-7-4-8-14-37)34-23-19-32(20-24-34)31-11-5-3-6-12-31/h3-30H,1-2H3. The van der Waals surface area contributed by atoms with Crippen LogP contribution >= 0.6 is 0 Å². The average Bonchev–Trinajstić information content (AvgIpc) is 3.17. The van der Waals surface area contributed by atoms with Crippen molar-refractivity contribution < 1.29 is 0 Å². The second-order valence-electron chi connectivity index (χ2n) is 13.4. The fourth-order valence-electron chi connectivity index (χ4n) is 7.46. The van der Waals surface area contributed by atoms with E-state index >= 15 is 0 Å². The van der Waals surface area contributed by atoms with Gasteiger partial charge in [-0.2, -0.15) is 0 Å². The first-order chi connectivity index (χ1) is 24.0. The van der Waals surface area contributed by atoms with Gasteiger partial charge >= 0.3 is 0 Å². The van der Waals surface area contributed by atoms with Gasteiger partial charge < -0.3 is 0 Å². The van der Waals surface area contributed by atoms with E-state index in [9.17, 15) is 0 Å². The molecule has 0 spiro atoms. The molecule has 0 aliphatic heterocycles. The minimum atomic E-state index is -0.107. The summed E-state index contributed by atoms with van der Waals surface area (Å²) in [5, 5.41) is 2.69. The predicted octanol–water partition coefficient (Wildman–Crippen LogP) is 12.3. The summed E-state index contributed by atoms with van der Waals surface area (Å²) >= 11 is 0. The van der Waals surface area contributed by atoms with E-state index in [1.54, 1.807) is 0 Å². The summed E-state index contributed by atoms with van der Waals surface area (Å²) in [5.74, 6) is 0.719. The van der Waals surface area contributed by atoms with Crippen molar-refractivity contribution in [3.05, 3.63) is 181 Å². The SMILES string of the molecule is CC1(C)c2cc(-c3ccc(-c4cc(-c5ccc(-c6ccccc6)cc5)nc(-c5ccccc5)n4)cc3)ccc2-c2cccc3cccc1c23. The molecule has 0 radical (unpaired) electrons. The Bertz CT molecular complexity index is 2470. The lowest BCUT2D eigenvalue weighted by molar-refractivity contribution is 0.645. The quantitative estimate of drug-likeness (QED) is 0.190. The van der Waals surface area contributed by atoms with Gasteiger partial charge in [-0.1, -0.05) is 172 Å². The molecule has 9 rings (SSSR count). The monoisotopic (exact) mass is 626 g/mol. The zero-order valence-electron chi connectivity index (χ0n) is 27.6. The van der Waals surface area contributed by atoms with E-state index in [0.29, 0.717) is 0 Å². The molecule has 1 aliphatic carbocycles. The fourth-order valence-corrected chi connectivity index (χ4v) is 7.46. The number of benzene rings is 7. The first-order valence-electron chi connectivity index (χ1n) is 16.9. The lowest BCUT2D eigenvalue weighted by atomic mass is 9.68. The molecular weight excluding hydrogens is 593 g/mol. The van der Waals surface area contributed by atoms with E-state index in [0.717, 1.165) is 33.9 Å². The van der Waals surface area contributed by atoms with Crippen LogP contribution in [0.15, 0.2) is 170 Å². The molecule has 0 unspecified atom stereocenters. The van der Waals surface area contributed by atoms with Gasteiger partial charge in [0, 0.05) is 22.1 Å². The van der Waals surface area contributed by atoms with Gasteiger partial charge in [-0.25, -0.2) is 9.97 Å². The Morgan fingerprint density at radius 2 is 0.878 bits per heavy atom. The van der Waals surface area contributed by atoms with E-state index in [1.807, 2.05) is 24.3 Å². The highest BCUT2D eigenvalue weighted by atomic mass is 14.9. The summed E-state index contributed by atoms with van der Waals surface area (Å²) in [6, 6.07) is 60.7. The number of aromatic nitrogens is 2. The zero-order valence-corrected chi connectivity index (χ0v) is 27.6. The molecule has 0 saturated heterocycles. The maximum atomic E-state index is 5.07. The Morgan fingerprint density at radius 1 is 0.367 bits per heavy atom. The van der Waals surface area contributed by atoms with E-state index < -0.39 is 0 Å². The van der Waals surface area contributed by atoms with Crippen molar-refractivity contribution in [3.63, 3.8) is 0 Å². The smallest absolute Gasteiger partial charge is 0.160 e. The molecule has 0 bridgehead atoms. The maximum absolute atomic E-state index is 5.07. The molecular formula is C47H34N2. The Hall–Kier alpha value is -6.12. The second-order valence-corrected chi connectivity index (χ2v) is 13.4. The van der Waals surface area contributed by atoms with Crippen LogP contribution in [0.3, 0.4) is 0 Å². The van der Waals surface area contributed by atoms with Crippen molar-refractivity contribution in [3.8, 4) is 67.3 Å². The third-order valence-corrected chi connectivity index (χ3v) is 10.1. The molecule has 232 valence electrons. The summed E-state index contributed by atoms with van der Waals surface area (Å²) in [7, 11) is 0. The summed E-state index contributed by atoms with van der Waals surface area (Å²) in [5.41, 5.74) is 15.0. The molecule has 0 fully saturated rings. The molecule has 1 aromatic heterocycles. The highest BCUT2D eigenvalue weighted by Crippen LogP contribution is 2.49. The van der Waals surface area contributed by atoms with Crippen molar-refractivity contribution in [1.82, 2.24) is 9.97 Å². The Labute approximate surface area is 287 Å². The number of rotatable bonds is 5. The van der Waals surface area contributed by atoms with Gasteiger partial charge in [-0.3, -0.25) is 0 Å². The molecule has 0 N–H and O–H groups in total. The van der Waals surface area contributed by atoms with Crippen LogP contribution in [0.1, 0.15) is 25.0 Å². The maximum Gasteiger partial charge on any atom is 0.160 e.